The first-order chi connectivity index (χ1) is 11.0. The Bertz CT molecular complexity index is 798. The number of nitrogens with zero attached hydrogens (tertiary/aromatic N) is 3. The van der Waals surface area contributed by atoms with Crippen molar-refractivity contribution in [1.82, 2.24) is 19.7 Å². The van der Waals surface area contributed by atoms with E-state index in [0.717, 1.165) is 5.56 Å². The van der Waals surface area contributed by atoms with Crippen molar-refractivity contribution in [1.29, 1.82) is 0 Å². The fraction of sp³-hybridized carbons (Fsp3) is 0.400. The molecule has 23 heavy (non-hydrogen) atoms. The van der Waals surface area contributed by atoms with E-state index in [1.54, 1.807) is 13.1 Å². The normalized spacial score (nSPS) is 19.3. The van der Waals surface area contributed by atoms with Gasteiger partial charge in [-0.3, -0.25) is 9.36 Å². The molecule has 0 radical (unpaired) electrons. The molecule has 1 aliphatic rings. The summed E-state index contributed by atoms with van der Waals surface area (Å²) >= 11 is 0. The van der Waals surface area contributed by atoms with Crippen LogP contribution in [0.3, 0.4) is 0 Å². The number of aryl methyl sites for hydroxylation is 2. The molecule has 2 unspecified atom stereocenters. The third kappa shape index (κ3) is 2.96. The number of amides is 1. The van der Waals surface area contributed by atoms with Gasteiger partial charge in [0.2, 0.25) is 5.91 Å². The Morgan fingerprint density at radius 3 is 2.96 bits per heavy atom. The van der Waals surface area contributed by atoms with Crippen LogP contribution in [0.4, 0.5) is 4.39 Å². The highest BCUT2D eigenvalue weighted by molar-refractivity contribution is 5.76. The number of aromatic nitrogens is 3. The van der Waals surface area contributed by atoms with E-state index in [-0.39, 0.29) is 42.5 Å². The molecule has 2 atom stereocenters. The lowest BCUT2D eigenvalue weighted by Gasteiger charge is -2.16. The smallest absolute Gasteiger partial charge is 0.345 e. The van der Waals surface area contributed by atoms with Crippen LogP contribution in [0.1, 0.15) is 24.9 Å². The average molecular weight is 320 g/mol. The van der Waals surface area contributed by atoms with Gasteiger partial charge in [0.05, 0.1) is 12.6 Å². The van der Waals surface area contributed by atoms with E-state index in [2.05, 4.69) is 10.4 Å². The Morgan fingerprint density at radius 1 is 1.48 bits per heavy atom. The third-order valence-electron chi connectivity index (χ3n) is 3.85. The minimum atomic E-state index is -0.377. The quantitative estimate of drug-likeness (QED) is 0.902. The van der Waals surface area contributed by atoms with Crippen molar-refractivity contribution in [3.8, 4) is 5.75 Å². The van der Waals surface area contributed by atoms with Gasteiger partial charge in [0.15, 0.2) is 0 Å². The van der Waals surface area contributed by atoms with Gasteiger partial charge in [-0.05, 0) is 13.0 Å². The summed E-state index contributed by atoms with van der Waals surface area (Å²) in [4.78, 5) is 23.8. The fourth-order valence-electron chi connectivity index (χ4n) is 2.61. The van der Waals surface area contributed by atoms with Crippen LogP contribution in [0.25, 0.3) is 0 Å². The molecule has 0 aliphatic carbocycles. The lowest BCUT2D eigenvalue weighted by atomic mass is 10.0. The first kappa shape index (κ1) is 15.3. The summed E-state index contributed by atoms with van der Waals surface area (Å²) in [5.74, 6) is -0.152. The summed E-state index contributed by atoms with van der Waals surface area (Å²) in [6.07, 6.45) is 1.24. The van der Waals surface area contributed by atoms with Crippen LogP contribution in [0.2, 0.25) is 0 Å². The third-order valence-corrected chi connectivity index (χ3v) is 3.85. The second kappa shape index (κ2) is 5.86. The summed E-state index contributed by atoms with van der Waals surface area (Å²) < 4.78 is 21.4. The van der Waals surface area contributed by atoms with Crippen LogP contribution in [0, 0.1) is 5.82 Å². The molecule has 0 bridgehead atoms. The Kier molecular flexibility index (Phi) is 3.89. The van der Waals surface area contributed by atoms with Crippen molar-refractivity contribution in [3.63, 3.8) is 0 Å². The topological polar surface area (TPSA) is 78.2 Å². The molecule has 0 spiro atoms. The van der Waals surface area contributed by atoms with Crippen molar-refractivity contribution in [2.45, 2.75) is 32.0 Å². The minimum Gasteiger partial charge on any atom is -0.488 e. The molecule has 0 saturated carbocycles. The monoisotopic (exact) mass is 320 g/mol. The molecule has 1 amide bonds. The molecule has 1 aliphatic heterocycles. The number of halogens is 1. The van der Waals surface area contributed by atoms with E-state index in [1.807, 2.05) is 6.92 Å². The van der Waals surface area contributed by atoms with Gasteiger partial charge in [-0.2, -0.15) is 5.10 Å². The number of rotatable bonds is 4. The Balaban J connectivity index is 1.64. The van der Waals surface area contributed by atoms with Crippen molar-refractivity contribution in [2.24, 2.45) is 7.05 Å². The largest absolute Gasteiger partial charge is 0.488 e. The molecule has 0 saturated heterocycles. The molecule has 0 fully saturated rings. The highest BCUT2D eigenvalue weighted by Gasteiger charge is 2.32. The summed E-state index contributed by atoms with van der Waals surface area (Å²) in [6.45, 7) is 2.01. The molecule has 2 aromatic rings. The maximum Gasteiger partial charge on any atom is 0.345 e. The van der Waals surface area contributed by atoms with E-state index >= 15 is 0 Å². The van der Waals surface area contributed by atoms with Crippen LogP contribution >= 0.6 is 0 Å². The number of carbonyl (C=O) groups excluding carboxylic acids is 1. The van der Waals surface area contributed by atoms with E-state index in [1.165, 1.54) is 27.7 Å². The first-order valence-corrected chi connectivity index (χ1v) is 7.29. The van der Waals surface area contributed by atoms with Crippen molar-refractivity contribution >= 4 is 5.91 Å². The number of ether oxygens (including phenoxy) is 1. The Hall–Kier alpha value is -2.64. The first-order valence-electron chi connectivity index (χ1n) is 7.29. The van der Waals surface area contributed by atoms with Crippen LogP contribution < -0.4 is 15.7 Å². The van der Waals surface area contributed by atoms with Crippen LogP contribution in [0.15, 0.2) is 29.3 Å². The molecule has 1 aromatic carbocycles. The van der Waals surface area contributed by atoms with Crippen LogP contribution in [-0.2, 0) is 18.4 Å². The van der Waals surface area contributed by atoms with Gasteiger partial charge in [-0.25, -0.2) is 13.9 Å². The van der Waals surface area contributed by atoms with Gasteiger partial charge < -0.3 is 10.1 Å². The second-order valence-corrected chi connectivity index (χ2v) is 5.55. The Labute approximate surface area is 131 Å². The van der Waals surface area contributed by atoms with Gasteiger partial charge >= 0.3 is 5.69 Å². The SMILES string of the molecule is CC1Oc2cc(F)ccc2C1NC(=O)CCn1ncn(C)c1=O. The van der Waals surface area contributed by atoms with Gasteiger partial charge in [-0.15, -0.1) is 0 Å². The molecule has 3 rings (SSSR count). The van der Waals surface area contributed by atoms with E-state index in [4.69, 9.17) is 4.74 Å². The average Bonchev–Trinajstić information content (AvgIpc) is 2.98. The number of nitrogens with one attached hydrogen (secondary N) is 1. The standard InChI is InChI=1S/C15H17FN4O3/c1-9-14(11-4-3-10(16)7-12(11)23-9)18-13(21)5-6-20-15(22)19(2)8-17-20/h3-4,7-9,14H,5-6H2,1-2H3,(H,18,21). The second-order valence-electron chi connectivity index (χ2n) is 5.55. The van der Waals surface area contributed by atoms with E-state index < -0.39 is 0 Å². The lowest BCUT2D eigenvalue weighted by Crippen LogP contribution is -2.35. The zero-order valence-corrected chi connectivity index (χ0v) is 12.8. The predicted molar refractivity (Wildman–Crippen MR) is 79.5 cm³/mol. The van der Waals surface area contributed by atoms with Gasteiger partial charge in [-0.1, -0.05) is 6.07 Å². The number of hydrogen-bond donors (Lipinski definition) is 1. The van der Waals surface area contributed by atoms with Crippen molar-refractivity contribution < 1.29 is 13.9 Å². The van der Waals surface area contributed by atoms with Crippen molar-refractivity contribution in [3.05, 3.63) is 46.4 Å². The number of carbonyl (C=O) groups is 1. The maximum absolute atomic E-state index is 13.2. The van der Waals surface area contributed by atoms with Crippen LogP contribution in [-0.4, -0.2) is 26.4 Å². The summed E-state index contributed by atoms with van der Waals surface area (Å²) in [5, 5.41) is 6.76. The zero-order chi connectivity index (χ0) is 16.6. The van der Waals surface area contributed by atoms with Crippen LogP contribution in [0.5, 0.6) is 5.75 Å². The van der Waals surface area contributed by atoms with Gasteiger partial charge in [0.25, 0.3) is 0 Å². The molecular weight excluding hydrogens is 303 g/mol. The summed E-state index contributed by atoms with van der Waals surface area (Å²) in [5.41, 5.74) is 0.485. The summed E-state index contributed by atoms with van der Waals surface area (Å²) in [6, 6.07) is 3.93. The molecule has 122 valence electrons. The molecular formula is C15H17FN4O3. The van der Waals surface area contributed by atoms with Gasteiger partial charge in [0, 0.05) is 25.1 Å². The molecule has 1 aromatic heterocycles. The fourth-order valence-corrected chi connectivity index (χ4v) is 2.61. The molecule has 7 nitrogen and oxygen atoms in total. The summed E-state index contributed by atoms with van der Waals surface area (Å²) in [7, 11) is 1.60. The maximum atomic E-state index is 13.2. The number of hydrogen-bond acceptors (Lipinski definition) is 4. The molecule has 2 heterocycles. The van der Waals surface area contributed by atoms with Crippen molar-refractivity contribution in [2.75, 3.05) is 0 Å². The van der Waals surface area contributed by atoms with E-state index in [9.17, 15) is 14.0 Å². The zero-order valence-electron chi connectivity index (χ0n) is 12.8. The highest BCUT2D eigenvalue weighted by atomic mass is 19.1. The Morgan fingerprint density at radius 2 is 2.26 bits per heavy atom. The number of benzene rings is 1. The lowest BCUT2D eigenvalue weighted by molar-refractivity contribution is -0.122. The molecule has 8 heteroatoms. The van der Waals surface area contributed by atoms with E-state index in [0.29, 0.717) is 5.75 Å². The minimum absolute atomic E-state index is 0.122. The number of fused-ring (bicyclic) bond motifs is 1. The molecule has 1 N–H and O–H groups in total. The highest BCUT2D eigenvalue weighted by Crippen LogP contribution is 2.36. The predicted octanol–water partition coefficient (Wildman–Crippen LogP) is 0.749. The van der Waals surface area contributed by atoms with Gasteiger partial charge in [0.1, 0.15) is 24.0 Å².